The lowest BCUT2D eigenvalue weighted by atomic mass is 10.0. The molecule has 7 heteroatoms. The van der Waals surface area contributed by atoms with Crippen molar-refractivity contribution in [2.45, 2.75) is 116 Å². The number of benzene rings is 1. The number of ether oxygens (including phenoxy) is 2. The van der Waals surface area contributed by atoms with Gasteiger partial charge in [0.15, 0.2) is 0 Å². The van der Waals surface area contributed by atoms with E-state index < -0.39 is 7.60 Å². The molecule has 0 aliphatic rings. The van der Waals surface area contributed by atoms with Crippen LogP contribution >= 0.6 is 7.60 Å². The topological polar surface area (TPSA) is 102 Å². The minimum atomic E-state index is -3.98. The average molecular weight is 500 g/mol. The van der Waals surface area contributed by atoms with Gasteiger partial charge in [0.2, 0.25) is 0 Å². The average Bonchev–Trinajstić information content (AvgIpc) is 2.78. The number of nitrogens with two attached hydrogens (primary N) is 1. The Bertz CT molecular complexity index is 664. The Morgan fingerprint density at radius 3 is 1.44 bits per heavy atom. The Kier molecular flexibility index (Phi) is 18.1. The fraction of sp³-hybridized carbons (Fsp3) is 0.778. The van der Waals surface area contributed by atoms with Gasteiger partial charge in [-0.3, -0.25) is 4.57 Å². The van der Waals surface area contributed by atoms with Crippen LogP contribution in [0.3, 0.4) is 0 Å². The summed E-state index contributed by atoms with van der Waals surface area (Å²) in [6.07, 6.45) is 21.6. The van der Waals surface area contributed by atoms with E-state index in [0.717, 1.165) is 6.42 Å². The molecule has 0 amide bonds. The first kappa shape index (κ1) is 30.8. The molecule has 0 spiro atoms. The highest BCUT2D eigenvalue weighted by Crippen LogP contribution is 2.35. The van der Waals surface area contributed by atoms with Crippen molar-refractivity contribution in [3.8, 4) is 11.5 Å². The summed E-state index contributed by atoms with van der Waals surface area (Å²) in [5.41, 5.74) is 6.46. The maximum absolute atomic E-state index is 10.9. The minimum absolute atomic E-state index is 0.183. The number of nitrogen functional groups attached to an aromatic ring is 1. The molecule has 6 nitrogen and oxygen atoms in total. The summed E-state index contributed by atoms with van der Waals surface area (Å²) < 4.78 is 22.3. The molecule has 0 saturated heterocycles. The summed E-state index contributed by atoms with van der Waals surface area (Å²) in [5.74, 6) is 1.23. The van der Waals surface area contributed by atoms with Crippen molar-refractivity contribution in [1.29, 1.82) is 0 Å². The summed E-state index contributed by atoms with van der Waals surface area (Å²) in [7, 11) is -3.98. The molecule has 0 heterocycles. The molecule has 0 fully saturated rings. The zero-order chi connectivity index (χ0) is 24.9. The van der Waals surface area contributed by atoms with Crippen molar-refractivity contribution < 1.29 is 23.8 Å². The van der Waals surface area contributed by atoms with Crippen molar-refractivity contribution in [2.75, 3.05) is 25.1 Å². The highest BCUT2D eigenvalue weighted by atomic mass is 31.2. The van der Waals surface area contributed by atoms with Crippen molar-refractivity contribution in [3.05, 3.63) is 18.2 Å². The van der Waals surface area contributed by atoms with E-state index in [1.165, 1.54) is 96.3 Å². The van der Waals surface area contributed by atoms with E-state index in [-0.39, 0.29) is 19.2 Å². The lowest BCUT2D eigenvalue weighted by Crippen LogP contribution is -2.03. The van der Waals surface area contributed by atoms with Crippen molar-refractivity contribution >= 4 is 13.3 Å². The molecule has 1 rings (SSSR count). The Balaban J connectivity index is 1.96. The predicted molar refractivity (Wildman–Crippen MR) is 143 cm³/mol. The van der Waals surface area contributed by atoms with Gasteiger partial charge in [-0.25, -0.2) is 0 Å². The van der Waals surface area contributed by atoms with E-state index >= 15 is 0 Å². The monoisotopic (exact) mass is 499 g/mol. The number of hydrogen-bond donors (Lipinski definition) is 3. The molecule has 0 saturated carbocycles. The van der Waals surface area contributed by atoms with Gasteiger partial charge in [-0.1, -0.05) is 103 Å². The third kappa shape index (κ3) is 19.1. The summed E-state index contributed by atoms with van der Waals surface area (Å²) in [6, 6.07) is 5.24. The molecule has 0 atom stereocenters. The number of rotatable bonds is 23. The van der Waals surface area contributed by atoms with Gasteiger partial charge in [0.05, 0.1) is 19.4 Å². The van der Waals surface area contributed by atoms with Crippen molar-refractivity contribution in [3.63, 3.8) is 0 Å². The van der Waals surface area contributed by atoms with Crippen molar-refractivity contribution in [1.82, 2.24) is 0 Å². The highest BCUT2D eigenvalue weighted by molar-refractivity contribution is 7.51. The lowest BCUT2D eigenvalue weighted by molar-refractivity contribution is 0.292. The van der Waals surface area contributed by atoms with Crippen LogP contribution in [-0.2, 0) is 4.57 Å². The van der Waals surface area contributed by atoms with Crippen LogP contribution in [0, 0.1) is 0 Å². The molecule has 4 N–H and O–H groups in total. The third-order valence-electron chi connectivity index (χ3n) is 6.03. The second-order valence-corrected chi connectivity index (χ2v) is 11.3. The molecule has 34 heavy (non-hydrogen) atoms. The van der Waals surface area contributed by atoms with Gasteiger partial charge in [-0.05, 0) is 12.8 Å². The summed E-state index contributed by atoms with van der Waals surface area (Å²) in [4.78, 5) is 17.8. The maximum atomic E-state index is 10.9. The molecular formula is C27H50NO5P. The van der Waals surface area contributed by atoms with Crippen molar-refractivity contribution in [2.24, 2.45) is 0 Å². The van der Waals surface area contributed by atoms with Crippen LogP contribution in [0.25, 0.3) is 0 Å². The zero-order valence-corrected chi connectivity index (χ0v) is 22.4. The molecular weight excluding hydrogens is 449 g/mol. The molecule has 198 valence electrons. The van der Waals surface area contributed by atoms with Crippen LogP contribution in [-0.4, -0.2) is 29.2 Å². The van der Waals surface area contributed by atoms with E-state index in [1.54, 1.807) is 18.2 Å². The Morgan fingerprint density at radius 2 is 1.03 bits per heavy atom. The minimum Gasteiger partial charge on any atom is -0.493 e. The normalized spacial score (nSPS) is 11.6. The van der Waals surface area contributed by atoms with Crippen LogP contribution < -0.4 is 15.2 Å². The molecule has 0 aliphatic carbocycles. The Morgan fingerprint density at radius 1 is 0.647 bits per heavy atom. The van der Waals surface area contributed by atoms with Gasteiger partial charge in [0, 0.05) is 23.9 Å². The van der Waals surface area contributed by atoms with Crippen LogP contribution in [0.1, 0.15) is 116 Å². The molecule has 1 aromatic carbocycles. The highest BCUT2D eigenvalue weighted by Gasteiger charge is 2.12. The standard InChI is InChI=1S/C27H50NO5P/c1-2-3-4-5-6-7-8-9-10-11-12-13-14-15-16-17-19-32-26-22-25(28)23-27(24-26)33-20-18-21-34(29,30)31/h22-24H,2-21,28H2,1H3,(H2,29,30,31). The molecule has 0 aliphatic heterocycles. The number of unbranched alkanes of at least 4 members (excludes halogenated alkanes) is 15. The van der Waals surface area contributed by atoms with Gasteiger partial charge >= 0.3 is 7.60 Å². The van der Waals surface area contributed by atoms with Crippen LogP contribution in [0.15, 0.2) is 18.2 Å². The fourth-order valence-electron chi connectivity index (χ4n) is 4.06. The summed E-state index contributed by atoms with van der Waals surface area (Å²) in [6.45, 7) is 3.16. The van der Waals surface area contributed by atoms with E-state index in [0.29, 0.717) is 23.8 Å². The SMILES string of the molecule is CCCCCCCCCCCCCCCCCCOc1cc(N)cc(OCCCP(=O)(O)O)c1. The second kappa shape index (κ2) is 20.0. The van der Waals surface area contributed by atoms with Gasteiger partial charge in [0.25, 0.3) is 0 Å². The molecule has 0 radical (unpaired) electrons. The first-order valence-electron chi connectivity index (χ1n) is 13.6. The largest absolute Gasteiger partial charge is 0.493 e. The second-order valence-electron chi connectivity index (χ2n) is 9.48. The summed E-state index contributed by atoms with van der Waals surface area (Å²) in [5, 5.41) is 0. The van der Waals surface area contributed by atoms with Crippen LogP contribution in [0.2, 0.25) is 0 Å². The van der Waals surface area contributed by atoms with Gasteiger partial charge in [0.1, 0.15) is 11.5 Å². The van der Waals surface area contributed by atoms with Gasteiger partial charge in [-0.15, -0.1) is 0 Å². The quantitative estimate of drug-likeness (QED) is 0.0805. The third-order valence-corrected chi connectivity index (χ3v) is 6.93. The molecule has 0 aromatic heterocycles. The summed E-state index contributed by atoms with van der Waals surface area (Å²) >= 11 is 0. The van der Waals surface area contributed by atoms with Crippen LogP contribution in [0.5, 0.6) is 11.5 Å². The van der Waals surface area contributed by atoms with E-state index in [2.05, 4.69) is 6.92 Å². The molecule has 0 unspecified atom stereocenters. The Hall–Kier alpha value is -1.23. The first-order valence-corrected chi connectivity index (χ1v) is 15.4. The molecule has 0 bridgehead atoms. The smallest absolute Gasteiger partial charge is 0.325 e. The van der Waals surface area contributed by atoms with Crippen LogP contribution in [0.4, 0.5) is 5.69 Å². The predicted octanol–water partition coefficient (Wildman–Crippen LogP) is 7.86. The number of hydrogen-bond acceptors (Lipinski definition) is 4. The first-order chi connectivity index (χ1) is 16.4. The lowest BCUT2D eigenvalue weighted by Gasteiger charge is -2.11. The van der Waals surface area contributed by atoms with Gasteiger partial charge in [-0.2, -0.15) is 0 Å². The maximum Gasteiger partial charge on any atom is 0.325 e. The van der Waals surface area contributed by atoms with E-state index in [9.17, 15) is 4.57 Å². The van der Waals surface area contributed by atoms with E-state index in [4.69, 9.17) is 25.0 Å². The van der Waals surface area contributed by atoms with Gasteiger partial charge < -0.3 is 25.0 Å². The Labute approximate surface area is 208 Å². The fourth-order valence-corrected chi connectivity index (χ4v) is 4.60. The molecule has 1 aromatic rings. The number of anilines is 1. The zero-order valence-electron chi connectivity index (χ0n) is 21.5. The van der Waals surface area contributed by atoms with E-state index in [1.807, 2.05) is 0 Å².